The molecule has 0 aromatic heterocycles. The van der Waals surface area contributed by atoms with Crippen molar-refractivity contribution in [2.45, 2.75) is 19.4 Å². The van der Waals surface area contributed by atoms with Gasteiger partial charge in [-0.3, -0.25) is 4.90 Å². The molecule has 2 nitrogen and oxygen atoms in total. The van der Waals surface area contributed by atoms with E-state index in [1.807, 2.05) is 7.05 Å². The van der Waals surface area contributed by atoms with Crippen molar-refractivity contribution < 1.29 is 0 Å². The molecule has 81 valence electrons. The highest BCUT2D eigenvalue weighted by atomic mass is 15.1. The van der Waals surface area contributed by atoms with Gasteiger partial charge >= 0.3 is 0 Å². The van der Waals surface area contributed by atoms with Crippen LogP contribution in [0.1, 0.15) is 18.4 Å². The molecule has 1 fully saturated rings. The fourth-order valence-corrected chi connectivity index (χ4v) is 2.07. The third-order valence-electron chi connectivity index (χ3n) is 3.06. The zero-order valence-electron chi connectivity index (χ0n) is 9.37. The topological polar surface area (TPSA) is 15.3 Å². The average molecular weight is 203 g/mol. The average Bonchev–Trinajstić information content (AvgIpc) is 2.31. The Morgan fingerprint density at radius 3 is 2.40 bits per heavy atom. The quantitative estimate of drug-likeness (QED) is 0.808. The molecular weight excluding hydrogens is 184 g/mol. The normalized spacial score (nSPS) is 19.3. The smallest absolute Gasteiger partial charge is 0.0386 e. The van der Waals surface area contributed by atoms with Crippen molar-refractivity contribution in [3.63, 3.8) is 0 Å². The van der Waals surface area contributed by atoms with E-state index in [-0.39, 0.29) is 0 Å². The molecule has 1 N–H and O–H groups in total. The van der Waals surface area contributed by atoms with Crippen molar-refractivity contribution in [3.8, 4) is 0 Å². The summed E-state index contributed by atoms with van der Waals surface area (Å²) < 4.78 is 0. The molecule has 0 aliphatic carbocycles. The lowest BCUT2D eigenvalue weighted by Crippen LogP contribution is -2.36. The van der Waals surface area contributed by atoms with Crippen molar-refractivity contribution in [2.24, 2.45) is 0 Å². The molecule has 0 atom stereocenters. The Morgan fingerprint density at radius 1 is 1.13 bits per heavy atom. The maximum atomic E-state index is 3.28. The molecular formula is C13H19N2. The van der Waals surface area contributed by atoms with E-state index >= 15 is 0 Å². The van der Waals surface area contributed by atoms with Crippen LogP contribution in [-0.2, 0) is 6.54 Å². The third-order valence-corrected chi connectivity index (χ3v) is 3.06. The van der Waals surface area contributed by atoms with E-state index in [0.717, 1.165) is 6.54 Å². The summed E-state index contributed by atoms with van der Waals surface area (Å²) in [6.45, 7) is 3.47. The highest BCUT2D eigenvalue weighted by Crippen LogP contribution is 2.17. The van der Waals surface area contributed by atoms with Gasteiger partial charge < -0.3 is 5.32 Å². The Kier molecular flexibility index (Phi) is 3.75. The minimum absolute atomic E-state index is 1.10. The number of likely N-dealkylation sites (tertiary alicyclic amines) is 1. The Balaban J connectivity index is 1.82. The molecule has 0 bridgehead atoms. The van der Waals surface area contributed by atoms with Gasteiger partial charge in [0.2, 0.25) is 0 Å². The van der Waals surface area contributed by atoms with Gasteiger partial charge in [-0.1, -0.05) is 30.3 Å². The van der Waals surface area contributed by atoms with Crippen molar-refractivity contribution in [3.05, 3.63) is 41.9 Å². The molecule has 0 unspecified atom stereocenters. The van der Waals surface area contributed by atoms with Crippen molar-refractivity contribution >= 4 is 0 Å². The van der Waals surface area contributed by atoms with Crippen molar-refractivity contribution in [2.75, 3.05) is 20.1 Å². The molecule has 1 aliphatic rings. The van der Waals surface area contributed by atoms with Crippen LogP contribution in [0.5, 0.6) is 0 Å². The Hall–Kier alpha value is -0.860. The molecule has 15 heavy (non-hydrogen) atoms. The molecule has 0 saturated carbocycles. The first-order chi connectivity index (χ1) is 7.38. The Morgan fingerprint density at radius 2 is 1.80 bits per heavy atom. The van der Waals surface area contributed by atoms with Gasteiger partial charge in [0.05, 0.1) is 0 Å². The highest BCUT2D eigenvalue weighted by molar-refractivity contribution is 5.14. The SMILES string of the molecule is CN[C]1CCN(Cc2ccccc2)CC1. The van der Waals surface area contributed by atoms with Crippen LogP contribution in [0.2, 0.25) is 0 Å². The fraction of sp³-hybridized carbons (Fsp3) is 0.462. The largest absolute Gasteiger partial charge is 0.312 e. The van der Waals surface area contributed by atoms with Gasteiger partial charge in [-0.2, -0.15) is 0 Å². The number of piperidine rings is 1. The van der Waals surface area contributed by atoms with E-state index in [0.29, 0.717) is 0 Å². The van der Waals surface area contributed by atoms with Gasteiger partial charge in [-0.15, -0.1) is 0 Å². The number of hydrogen-bond acceptors (Lipinski definition) is 2. The summed E-state index contributed by atoms with van der Waals surface area (Å²) in [4.78, 5) is 2.52. The number of rotatable bonds is 3. The van der Waals surface area contributed by atoms with Gasteiger partial charge in [-0.25, -0.2) is 0 Å². The zero-order valence-corrected chi connectivity index (χ0v) is 9.37. The van der Waals surface area contributed by atoms with Crippen molar-refractivity contribution in [1.82, 2.24) is 10.2 Å². The van der Waals surface area contributed by atoms with Crippen molar-refractivity contribution in [1.29, 1.82) is 0 Å². The maximum absolute atomic E-state index is 3.28. The van der Waals surface area contributed by atoms with Crippen LogP contribution < -0.4 is 5.32 Å². The predicted octanol–water partition coefficient (Wildman–Crippen LogP) is 2.03. The van der Waals surface area contributed by atoms with E-state index in [4.69, 9.17) is 0 Å². The van der Waals surface area contributed by atoms with E-state index in [1.54, 1.807) is 0 Å². The molecule has 1 aromatic carbocycles. The van der Waals surface area contributed by atoms with Crippen LogP contribution >= 0.6 is 0 Å². The fourth-order valence-electron chi connectivity index (χ4n) is 2.07. The number of hydrogen-bond donors (Lipinski definition) is 1. The second kappa shape index (κ2) is 5.29. The Bertz CT molecular complexity index is 276. The first-order valence-electron chi connectivity index (χ1n) is 5.67. The predicted molar refractivity (Wildman–Crippen MR) is 63.3 cm³/mol. The summed E-state index contributed by atoms with van der Waals surface area (Å²) in [6.07, 6.45) is 2.40. The van der Waals surface area contributed by atoms with Gasteiger partial charge in [0.1, 0.15) is 0 Å². The van der Waals surface area contributed by atoms with Crippen LogP contribution in [0.3, 0.4) is 0 Å². The summed E-state index contributed by atoms with van der Waals surface area (Å²) in [6, 6.07) is 12.2. The van der Waals surface area contributed by atoms with E-state index in [9.17, 15) is 0 Å². The second-order valence-corrected chi connectivity index (χ2v) is 4.12. The summed E-state index contributed by atoms with van der Waals surface area (Å²) in [5.74, 6) is 0. The van der Waals surface area contributed by atoms with Crippen LogP contribution in [0, 0.1) is 6.04 Å². The second-order valence-electron chi connectivity index (χ2n) is 4.12. The standard InChI is InChI=1S/C13H19N2/c1-14-13-7-9-15(10-8-13)11-12-5-3-2-4-6-12/h2-6,14H,7-11H2,1H3. The lowest BCUT2D eigenvalue weighted by molar-refractivity contribution is 0.225. The monoisotopic (exact) mass is 203 g/mol. The van der Waals surface area contributed by atoms with Crippen LogP contribution in [0.25, 0.3) is 0 Å². The van der Waals surface area contributed by atoms with E-state index < -0.39 is 0 Å². The molecule has 2 heteroatoms. The van der Waals surface area contributed by atoms with Crippen LogP contribution in [-0.4, -0.2) is 25.0 Å². The number of benzene rings is 1. The van der Waals surface area contributed by atoms with E-state index in [2.05, 4.69) is 40.5 Å². The first-order valence-corrected chi connectivity index (χ1v) is 5.67. The lowest BCUT2D eigenvalue weighted by atomic mass is 10.0. The molecule has 1 radical (unpaired) electrons. The van der Waals surface area contributed by atoms with Gasteiger partial charge in [0.25, 0.3) is 0 Å². The minimum Gasteiger partial charge on any atom is -0.312 e. The first kappa shape index (κ1) is 10.7. The molecule has 1 aliphatic heterocycles. The summed E-state index contributed by atoms with van der Waals surface area (Å²) in [5, 5.41) is 3.28. The highest BCUT2D eigenvalue weighted by Gasteiger charge is 2.17. The Labute approximate surface area is 92.3 Å². The third kappa shape index (κ3) is 3.05. The van der Waals surface area contributed by atoms with E-state index in [1.165, 1.54) is 37.5 Å². The molecule has 0 amide bonds. The molecule has 2 rings (SSSR count). The van der Waals surface area contributed by atoms with Crippen LogP contribution in [0.15, 0.2) is 30.3 Å². The molecule has 0 spiro atoms. The summed E-state index contributed by atoms with van der Waals surface area (Å²) >= 11 is 0. The van der Waals surface area contributed by atoms with Crippen LogP contribution in [0.4, 0.5) is 0 Å². The van der Waals surface area contributed by atoms with Gasteiger partial charge in [0.15, 0.2) is 0 Å². The number of nitrogens with one attached hydrogen (secondary N) is 1. The van der Waals surface area contributed by atoms with Gasteiger partial charge in [0, 0.05) is 25.7 Å². The maximum Gasteiger partial charge on any atom is 0.0386 e. The summed E-state index contributed by atoms with van der Waals surface area (Å²) in [7, 11) is 2.03. The minimum atomic E-state index is 1.10. The molecule has 1 heterocycles. The summed E-state index contributed by atoms with van der Waals surface area (Å²) in [5.41, 5.74) is 1.42. The van der Waals surface area contributed by atoms with Gasteiger partial charge in [-0.05, 0) is 25.5 Å². The zero-order chi connectivity index (χ0) is 10.5. The number of nitrogens with zero attached hydrogens (tertiary/aromatic N) is 1. The lowest BCUT2D eigenvalue weighted by Gasteiger charge is -2.31. The molecule has 1 saturated heterocycles. The molecule has 1 aromatic rings.